The van der Waals surface area contributed by atoms with Gasteiger partial charge in [-0.2, -0.15) is 5.26 Å². The van der Waals surface area contributed by atoms with E-state index in [4.69, 9.17) is 16.3 Å². The fourth-order valence-corrected chi connectivity index (χ4v) is 4.03. The number of carbonyl (C=O) groups excluding carboxylic acids is 1. The number of halogens is 1. The van der Waals surface area contributed by atoms with Gasteiger partial charge in [0.2, 0.25) is 0 Å². The Morgan fingerprint density at radius 2 is 2.14 bits per heavy atom. The Bertz CT molecular complexity index is 577. The Labute approximate surface area is 129 Å². The first-order valence-corrected chi connectivity index (χ1v) is 7.84. The minimum atomic E-state index is -0.113. The molecule has 3 rings (SSSR count). The second-order valence-corrected chi connectivity index (χ2v) is 6.44. The fourth-order valence-electron chi connectivity index (χ4n) is 3.90. The van der Waals surface area contributed by atoms with Gasteiger partial charge in [-0.1, -0.05) is 23.7 Å². The SMILES string of the molecule is CCOC(=O)C1C2CC(Cc3ccc(Cl)cc3)C(C#N)C21. The number of hydrogen-bond donors (Lipinski definition) is 0. The van der Waals surface area contributed by atoms with Crippen LogP contribution in [0.2, 0.25) is 5.02 Å². The van der Waals surface area contributed by atoms with Crippen molar-refractivity contribution < 1.29 is 9.53 Å². The summed E-state index contributed by atoms with van der Waals surface area (Å²) in [7, 11) is 0. The molecular weight excluding hydrogens is 286 g/mol. The van der Waals surface area contributed by atoms with Crippen LogP contribution in [0.25, 0.3) is 0 Å². The number of esters is 1. The van der Waals surface area contributed by atoms with E-state index in [1.165, 1.54) is 5.56 Å². The second kappa shape index (κ2) is 5.69. The number of ether oxygens (including phenoxy) is 1. The maximum absolute atomic E-state index is 11.8. The summed E-state index contributed by atoms with van der Waals surface area (Å²) in [5.74, 6) is 0.739. The highest BCUT2D eigenvalue weighted by molar-refractivity contribution is 6.30. The number of carbonyl (C=O) groups is 1. The van der Waals surface area contributed by atoms with Crippen molar-refractivity contribution in [2.24, 2.45) is 29.6 Å². The van der Waals surface area contributed by atoms with E-state index in [0.29, 0.717) is 18.4 Å². The summed E-state index contributed by atoms with van der Waals surface area (Å²) in [6.07, 6.45) is 1.84. The van der Waals surface area contributed by atoms with Crippen LogP contribution in [0.1, 0.15) is 18.9 Å². The van der Waals surface area contributed by atoms with Crippen molar-refractivity contribution in [3.63, 3.8) is 0 Å². The summed E-state index contributed by atoms with van der Waals surface area (Å²) in [6, 6.07) is 10.2. The zero-order valence-electron chi connectivity index (χ0n) is 12.0. The summed E-state index contributed by atoms with van der Waals surface area (Å²) >= 11 is 5.89. The first-order valence-electron chi connectivity index (χ1n) is 7.46. The van der Waals surface area contributed by atoms with Crippen molar-refractivity contribution in [2.45, 2.75) is 19.8 Å². The molecule has 0 N–H and O–H groups in total. The predicted molar refractivity (Wildman–Crippen MR) is 79.5 cm³/mol. The van der Waals surface area contributed by atoms with Gasteiger partial charge in [0.05, 0.1) is 24.5 Å². The molecule has 1 aromatic rings. The van der Waals surface area contributed by atoms with Crippen LogP contribution in [-0.4, -0.2) is 12.6 Å². The molecule has 2 fully saturated rings. The first kappa shape index (κ1) is 14.4. The van der Waals surface area contributed by atoms with Gasteiger partial charge in [0.25, 0.3) is 0 Å². The Morgan fingerprint density at radius 3 is 2.76 bits per heavy atom. The molecule has 4 heteroatoms. The van der Waals surface area contributed by atoms with E-state index in [1.807, 2.05) is 31.2 Å². The number of fused-ring (bicyclic) bond motifs is 1. The van der Waals surface area contributed by atoms with Crippen molar-refractivity contribution >= 4 is 17.6 Å². The number of benzene rings is 1. The lowest BCUT2D eigenvalue weighted by molar-refractivity contribution is -0.145. The van der Waals surface area contributed by atoms with E-state index in [2.05, 4.69) is 6.07 Å². The number of hydrogen-bond acceptors (Lipinski definition) is 3. The van der Waals surface area contributed by atoms with E-state index in [-0.39, 0.29) is 23.7 Å². The molecule has 5 unspecified atom stereocenters. The zero-order valence-corrected chi connectivity index (χ0v) is 12.7. The largest absolute Gasteiger partial charge is 0.466 e. The molecular formula is C17H18ClNO2. The van der Waals surface area contributed by atoms with E-state index < -0.39 is 0 Å². The van der Waals surface area contributed by atoms with Crippen LogP contribution >= 0.6 is 11.6 Å². The van der Waals surface area contributed by atoms with Gasteiger partial charge in [0.15, 0.2) is 0 Å². The van der Waals surface area contributed by atoms with E-state index >= 15 is 0 Å². The minimum Gasteiger partial charge on any atom is -0.466 e. The summed E-state index contributed by atoms with van der Waals surface area (Å²) in [5, 5.41) is 10.2. The van der Waals surface area contributed by atoms with Crippen LogP contribution in [0.4, 0.5) is 0 Å². The average Bonchev–Trinajstić information content (AvgIpc) is 3.05. The molecule has 0 amide bonds. The number of rotatable bonds is 4. The van der Waals surface area contributed by atoms with E-state index in [0.717, 1.165) is 17.9 Å². The van der Waals surface area contributed by atoms with Crippen LogP contribution in [0.5, 0.6) is 0 Å². The lowest BCUT2D eigenvalue weighted by atomic mass is 9.85. The van der Waals surface area contributed by atoms with E-state index in [9.17, 15) is 10.1 Å². The quantitative estimate of drug-likeness (QED) is 0.800. The third-order valence-electron chi connectivity index (χ3n) is 4.85. The molecule has 0 aliphatic heterocycles. The fraction of sp³-hybridized carbons (Fsp3) is 0.529. The molecule has 0 aromatic heterocycles. The monoisotopic (exact) mass is 303 g/mol. The Morgan fingerprint density at radius 1 is 1.43 bits per heavy atom. The maximum atomic E-state index is 11.8. The predicted octanol–water partition coefficient (Wildman–Crippen LogP) is 3.47. The molecule has 2 aliphatic rings. The Balaban J connectivity index is 1.65. The molecule has 3 nitrogen and oxygen atoms in total. The van der Waals surface area contributed by atoms with Gasteiger partial charge in [0.1, 0.15) is 0 Å². The highest BCUT2D eigenvalue weighted by Crippen LogP contribution is 2.63. The zero-order chi connectivity index (χ0) is 15.0. The number of nitriles is 1. The minimum absolute atomic E-state index is 0.0277. The molecule has 0 radical (unpaired) electrons. The summed E-state index contributed by atoms with van der Waals surface area (Å²) in [5.41, 5.74) is 1.21. The molecule has 0 saturated heterocycles. The standard InChI is InChI=1S/C17H18ClNO2/c1-2-21-17(20)16-13-8-11(14(9-19)15(13)16)7-10-3-5-12(18)6-4-10/h3-6,11,13-16H,2,7-8H2,1H3. The lowest BCUT2D eigenvalue weighted by Gasteiger charge is -2.18. The van der Waals surface area contributed by atoms with Gasteiger partial charge in [-0.15, -0.1) is 0 Å². The van der Waals surface area contributed by atoms with Crippen molar-refractivity contribution in [3.8, 4) is 6.07 Å². The van der Waals surface area contributed by atoms with Crippen molar-refractivity contribution in [3.05, 3.63) is 34.9 Å². The molecule has 21 heavy (non-hydrogen) atoms. The Hall–Kier alpha value is -1.53. The van der Waals surface area contributed by atoms with Crippen LogP contribution < -0.4 is 0 Å². The molecule has 5 atom stereocenters. The molecule has 2 saturated carbocycles. The molecule has 2 aliphatic carbocycles. The molecule has 0 spiro atoms. The third-order valence-corrected chi connectivity index (χ3v) is 5.10. The van der Waals surface area contributed by atoms with Crippen LogP contribution in [0, 0.1) is 40.9 Å². The highest BCUT2D eigenvalue weighted by atomic mass is 35.5. The molecule has 110 valence electrons. The van der Waals surface area contributed by atoms with Crippen molar-refractivity contribution in [1.82, 2.24) is 0 Å². The summed E-state index contributed by atoms with van der Waals surface area (Å²) in [4.78, 5) is 11.8. The molecule has 0 heterocycles. The molecule has 0 bridgehead atoms. The third kappa shape index (κ3) is 2.65. The van der Waals surface area contributed by atoms with Gasteiger partial charge < -0.3 is 4.74 Å². The van der Waals surface area contributed by atoms with Crippen LogP contribution in [0.15, 0.2) is 24.3 Å². The normalized spacial score (nSPS) is 33.1. The van der Waals surface area contributed by atoms with Crippen LogP contribution in [-0.2, 0) is 16.0 Å². The van der Waals surface area contributed by atoms with Gasteiger partial charge in [0, 0.05) is 5.02 Å². The Kier molecular flexibility index (Phi) is 3.91. The van der Waals surface area contributed by atoms with Crippen LogP contribution in [0.3, 0.4) is 0 Å². The number of nitrogens with zero attached hydrogens (tertiary/aromatic N) is 1. The molecule has 1 aromatic carbocycles. The first-order chi connectivity index (χ1) is 10.2. The van der Waals surface area contributed by atoms with E-state index in [1.54, 1.807) is 0 Å². The van der Waals surface area contributed by atoms with Crippen molar-refractivity contribution in [2.75, 3.05) is 6.61 Å². The average molecular weight is 304 g/mol. The topological polar surface area (TPSA) is 50.1 Å². The second-order valence-electron chi connectivity index (χ2n) is 6.00. The lowest BCUT2D eigenvalue weighted by Crippen LogP contribution is -2.20. The van der Waals surface area contributed by atoms with Gasteiger partial charge in [-0.05, 0) is 55.2 Å². The van der Waals surface area contributed by atoms with Gasteiger partial charge in [-0.25, -0.2) is 0 Å². The van der Waals surface area contributed by atoms with Gasteiger partial charge >= 0.3 is 5.97 Å². The highest BCUT2D eigenvalue weighted by Gasteiger charge is 2.65. The maximum Gasteiger partial charge on any atom is 0.309 e. The van der Waals surface area contributed by atoms with Gasteiger partial charge in [-0.3, -0.25) is 4.79 Å². The summed E-state index contributed by atoms with van der Waals surface area (Å²) < 4.78 is 5.10. The van der Waals surface area contributed by atoms with Crippen molar-refractivity contribution in [1.29, 1.82) is 5.26 Å². The smallest absolute Gasteiger partial charge is 0.309 e. The summed E-state index contributed by atoms with van der Waals surface area (Å²) in [6.45, 7) is 2.24.